The summed E-state index contributed by atoms with van der Waals surface area (Å²) in [5.41, 5.74) is 1.78. The Bertz CT molecular complexity index is 550. The van der Waals surface area contributed by atoms with Gasteiger partial charge in [-0.05, 0) is 31.9 Å². The second-order valence-electron chi connectivity index (χ2n) is 5.96. The van der Waals surface area contributed by atoms with E-state index in [0.717, 1.165) is 18.4 Å². The SMILES string of the molecule is Cc1ccc(C(=O)N2CCC[C@@H]2C(=O)N2CCOCC2)cc1. The number of carbonyl (C=O) groups is 2. The number of aryl methyl sites for hydroxylation is 1. The van der Waals surface area contributed by atoms with Gasteiger partial charge in [-0.1, -0.05) is 17.7 Å². The fourth-order valence-electron chi connectivity index (χ4n) is 3.12. The molecule has 1 atom stereocenters. The number of ether oxygens (including phenoxy) is 1. The van der Waals surface area contributed by atoms with E-state index >= 15 is 0 Å². The number of hydrogen-bond acceptors (Lipinski definition) is 3. The summed E-state index contributed by atoms with van der Waals surface area (Å²) in [7, 11) is 0. The van der Waals surface area contributed by atoms with Gasteiger partial charge >= 0.3 is 0 Å². The van der Waals surface area contributed by atoms with Crippen LogP contribution in [-0.2, 0) is 9.53 Å². The first-order valence-corrected chi connectivity index (χ1v) is 7.91. The predicted octanol–water partition coefficient (Wildman–Crippen LogP) is 1.46. The molecule has 0 aromatic heterocycles. The third kappa shape index (κ3) is 2.99. The summed E-state index contributed by atoms with van der Waals surface area (Å²) in [6.07, 6.45) is 1.64. The highest BCUT2D eigenvalue weighted by Crippen LogP contribution is 2.22. The van der Waals surface area contributed by atoms with Crippen molar-refractivity contribution in [3.05, 3.63) is 35.4 Å². The average molecular weight is 302 g/mol. The summed E-state index contributed by atoms with van der Waals surface area (Å²) in [6.45, 7) is 5.08. The second kappa shape index (κ2) is 6.48. The molecule has 0 spiro atoms. The molecule has 2 saturated heterocycles. The van der Waals surface area contributed by atoms with Crippen molar-refractivity contribution in [2.75, 3.05) is 32.8 Å². The fraction of sp³-hybridized carbons (Fsp3) is 0.529. The summed E-state index contributed by atoms with van der Waals surface area (Å²) >= 11 is 0. The van der Waals surface area contributed by atoms with E-state index in [1.165, 1.54) is 0 Å². The van der Waals surface area contributed by atoms with Crippen molar-refractivity contribution in [2.45, 2.75) is 25.8 Å². The first kappa shape index (κ1) is 15.0. The van der Waals surface area contributed by atoms with Crippen LogP contribution in [-0.4, -0.2) is 60.5 Å². The van der Waals surface area contributed by atoms with Crippen molar-refractivity contribution < 1.29 is 14.3 Å². The Kier molecular flexibility index (Phi) is 4.43. The first-order chi connectivity index (χ1) is 10.7. The fourth-order valence-corrected chi connectivity index (χ4v) is 3.12. The van der Waals surface area contributed by atoms with Crippen LogP contribution >= 0.6 is 0 Å². The third-order valence-corrected chi connectivity index (χ3v) is 4.42. The summed E-state index contributed by atoms with van der Waals surface area (Å²) in [6, 6.07) is 7.23. The van der Waals surface area contributed by atoms with Gasteiger partial charge in [-0.3, -0.25) is 9.59 Å². The lowest BCUT2D eigenvalue weighted by Crippen LogP contribution is -2.51. The molecule has 3 rings (SSSR count). The molecule has 2 aliphatic heterocycles. The molecule has 0 aliphatic carbocycles. The maximum atomic E-state index is 12.7. The monoisotopic (exact) mass is 302 g/mol. The van der Waals surface area contributed by atoms with Crippen LogP contribution in [0.1, 0.15) is 28.8 Å². The molecular formula is C17H22N2O3. The Balaban J connectivity index is 1.73. The molecule has 0 unspecified atom stereocenters. The number of morpholine rings is 1. The number of nitrogens with zero attached hydrogens (tertiary/aromatic N) is 2. The minimum atomic E-state index is -0.313. The van der Waals surface area contributed by atoms with Crippen molar-refractivity contribution in [3.8, 4) is 0 Å². The zero-order valence-electron chi connectivity index (χ0n) is 13.0. The molecule has 2 fully saturated rings. The Labute approximate surface area is 130 Å². The number of carbonyl (C=O) groups excluding carboxylic acids is 2. The molecule has 5 nitrogen and oxygen atoms in total. The van der Waals surface area contributed by atoms with Gasteiger partial charge < -0.3 is 14.5 Å². The smallest absolute Gasteiger partial charge is 0.254 e. The van der Waals surface area contributed by atoms with Crippen LogP contribution in [0.25, 0.3) is 0 Å². The van der Waals surface area contributed by atoms with Crippen LogP contribution in [0.4, 0.5) is 0 Å². The van der Waals surface area contributed by atoms with Gasteiger partial charge in [0.05, 0.1) is 13.2 Å². The molecule has 1 aromatic rings. The van der Waals surface area contributed by atoms with Crippen molar-refractivity contribution in [3.63, 3.8) is 0 Å². The topological polar surface area (TPSA) is 49.9 Å². The van der Waals surface area contributed by atoms with E-state index in [4.69, 9.17) is 4.74 Å². The van der Waals surface area contributed by atoms with Crippen molar-refractivity contribution in [2.24, 2.45) is 0 Å². The zero-order valence-corrected chi connectivity index (χ0v) is 13.0. The lowest BCUT2D eigenvalue weighted by Gasteiger charge is -2.32. The molecule has 0 bridgehead atoms. The summed E-state index contributed by atoms with van der Waals surface area (Å²) in [4.78, 5) is 28.9. The summed E-state index contributed by atoms with van der Waals surface area (Å²) in [5, 5.41) is 0. The number of amides is 2. The Morgan fingerprint density at radius 1 is 1.09 bits per heavy atom. The molecule has 0 saturated carbocycles. The first-order valence-electron chi connectivity index (χ1n) is 7.91. The van der Waals surface area contributed by atoms with Crippen molar-refractivity contribution >= 4 is 11.8 Å². The highest BCUT2D eigenvalue weighted by molar-refractivity contribution is 5.98. The Morgan fingerprint density at radius 3 is 2.45 bits per heavy atom. The van der Waals surface area contributed by atoms with Crippen molar-refractivity contribution in [1.82, 2.24) is 9.80 Å². The molecule has 2 aliphatic rings. The minimum absolute atomic E-state index is 0.0379. The standard InChI is InChI=1S/C17H22N2O3/c1-13-4-6-14(7-5-13)16(20)19-8-2-3-15(19)17(21)18-9-11-22-12-10-18/h4-7,15H,2-3,8-12H2,1H3/t15-/m1/s1. The van der Waals surface area contributed by atoms with Gasteiger partial charge in [0.15, 0.2) is 0 Å². The zero-order chi connectivity index (χ0) is 15.5. The van der Waals surface area contributed by atoms with Gasteiger partial charge in [-0.25, -0.2) is 0 Å². The minimum Gasteiger partial charge on any atom is -0.378 e. The van der Waals surface area contributed by atoms with E-state index in [2.05, 4.69) is 0 Å². The third-order valence-electron chi connectivity index (χ3n) is 4.42. The highest BCUT2D eigenvalue weighted by Gasteiger charge is 2.37. The van der Waals surface area contributed by atoms with Crippen molar-refractivity contribution in [1.29, 1.82) is 0 Å². The predicted molar refractivity (Wildman–Crippen MR) is 82.6 cm³/mol. The van der Waals surface area contributed by atoms with E-state index in [9.17, 15) is 9.59 Å². The van der Waals surface area contributed by atoms with E-state index in [0.29, 0.717) is 38.4 Å². The maximum absolute atomic E-state index is 12.7. The molecule has 0 radical (unpaired) electrons. The van der Waals surface area contributed by atoms with E-state index in [1.807, 2.05) is 36.1 Å². The quantitative estimate of drug-likeness (QED) is 0.831. The normalized spacial score (nSPS) is 22.0. The number of likely N-dealkylation sites (tertiary alicyclic amines) is 1. The van der Waals surface area contributed by atoms with Gasteiger partial charge in [-0.15, -0.1) is 0 Å². The molecule has 2 heterocycles. The maximum Gasteiger partial charge on any atom is 0.254 e. The largest absolute Gasteiger partial charge is 0.378 e. The summed E-state index contributed by atoms with van der Waals surface area (Å²) < 4.78 is 5.29. The molecule has 2 amide bonds. The molecule has 0 N–H and O–H groups in total. The Morgan fingerprint density at radius 2 is 1.77 bits per heavy atom. The van der Waals surface area contributed by atoms with Crippen LogP contribution in [0.15, 0.2) is 24.3 Å². The Hall–Kier alpha value is -1.88. The number of rotatable bonds is 2. The van der Waals surface area contributed by atoms with E-state index < -0.39 is 0 Å². The number of hydrogen-bond donors (Lipinski definition) is 0. The molecule has 22 heavy (non-hydrogen) atoms. The van der Waals surface area contributed by atoms with Crippen LogP contribution < -0.4 is 0 Å². The van der Waals surface area contributed by atoms with Crippen LogP contribution in [0.2, 0.25) is 0 Å². The molecule has 118 valence electrons. The van der Waals surface area contributed by atoms with E-state index in [-0.39, 0.29) is 17.9 Å². The highest BCUT2D eigenvalue weighted by atomic mass is 16.5. The van der Waals surface area contributed by atoms with Gasteiger partial charge in [0, 0.05) is 25.2 Å². The average Bonchev–Trinajstić information content (AvgIpc) is 3.04. The van der Waals surface area contributed by atoms with Gasteiger partial charge in [0.1, 0.15) is 6.04 Å². The van der Waals surface area contributed by atoms with E-state index in [1.54, 1.807) is 4.90 Å². The van der Waals surface area contributed by atoms with Crippen LogP contribution in [0.3, 0.4) is 0 Å². The number of benzene rings is 1. The van der Waals surface area contributed by atoms with Crippen LogP contribution in [0.5, 0.6) is 0 Å². The van der Waals surface area contributed by atoms with Gasteiger partial charge in [0.2, 0.25) is 5.91 Å². The van der Waals surface area contributed by atoms with Gasteiger partial charge in [-0.2, -0.15) is 0 Å². The molecular weight excluding hydrogens is 280 g/mol. The molecule has 1 aromatic carbocycles. The lowest BCUT2D eigenvalue weighted by molar-refractivity contribution is -0.139. The van der Waals surface area contributed by atoms with Crippen LogP contribution in [0, 0.1) is 6.92 Å². The molecule has 5 heteroatoms. The second-order valence-corrected chi connectivity index (χ2v) is 5.96. The summed E-state index contributed by atoms with van der Waals surface area (Å²) in [5.74, 6) is 0.0328. The lowest BCUT2D eigenvalue weighted by atomic mass is 10.1. The van der Waals surface area contributed by atoms with Gasteiger partial charge in [0.25, 0.3) is 5.91 Å².